The molecule has 0 heterocycles. The summed E-state index contributed by atoms with van der Waals surface area (Å²) >= 11 is 0. The summed E-state index contributed by atoms with van der Waals surface area (Å²) in [6.45, 7) is 1.75. The number of amides is 2. The van der Waals surface area contributed by atoms with E-state index >= 15 is 0 Å². The molecular weight excluding hydrogens is 236 g/mol. The minimum Gasteiger partial charge on any atom is -0.338 e. The van der Waals surface area contributed by atoms with Crippen molar-refractivity contribution in [3.63, 3.8) is 0 Å². The first kappa shape index (κ1) is 13.3. The minimum absolute atomic E-state index is 0.0530. The fourth-order valence-electron chi connectivity index (χ4n) is 3.93. The largest absolute Gasteiger partial charge is 0.338 e. The van der Waals surface area contributed by atoms with Crippen LogP contribution in [-0.4, -0.2) is 19.1 Å². The lowest BCUT2D eigenvalue weighted by Gasteiger charge is -2.25. The van der Waals surface area contributed by atoms with Crippen LogP contribution in [0.5, 0.6) is 0 Å². The predicted molar refractivity (Wildman–Crippen MR) is 76.9 cm³/mol. The highest BCUT2D eigenvalue weighted by Gasteiger charge is 2.44. The molecule has 3 nitrogen and oxygen atoms in total. The fourth-order valence-corrected chi connectivity index (χ4v) is 3.93. The minimum atomic E-state index is 0.0530. The second-order valence-electron chi connectivity index (χ2n) is 6.93. The maximum absolute atomic E-state index is 11.7. The number of carbonyl (C=O) groups is 1. The molecule has 3 fully saturated rings. The van der Waals surface area contributed by atoms with Crippen molar-refractivity contribution >= 4 is 6.03 Å². The highest BCUT2D eigenvalue weighted by Crippen LogP contribution is 2.51. The monoisotopic (exact) mass is 264 g/mol. The molecule has 0 aromatic heterocycles. The van der Waals surface area contributed by atoms with Gasteiger partial charge in [0, 0.05) is 13.1 Å². The van der Waals surface area contributed by atoms with Crippen LogP contribution >= 0.6 is 0 Å². The van der Waals surface area contributed by atoms with Gasteiger partial charge in [0.15, 0.2) is 0 Å². The van der Waals surface area contributed by atoms with E-state index in [-0.39, 0.29) is 6.03 Å². The van der Waals surface area contributed by atoms with Crippen molar-refractivity contribution in [1.82, 2.24) is 10.6 Å². The number of hydrogen-bond acceptors (Lipinski definition) is 1. The molecule has 2 N–H and O–H groups in total. The van der Waals surface area contributed by atoms with Gasteiger partial charge in [-0.1, -0.05) is 44.9 Å². The number of carbonyl (C=O) groups excluding carboxylic acids is 1. The van der Waals surface area contributed by atoms with Crippen molar-refractivity contribution < 1.29 is 4.79 Å². The zero-order valence-electron chi connectivity index (χ0n) is 12.0. The first-order valence-electron chi connectivity index (χ1n) is 8.34. The Kier molecular flexibility index (Phi) is 4.29. The van der Waals surface area contributed by atoms with Crippen molar-refractivity contribution in [1.29, 1.82) is 0 Å². The average molecular weight is 264 g/mol. The molecule has 0 bridgehead atoms. The summed E-state index contributed by atoms with van der Waals surface area (Å²) in [5, 5.41) is 6.07. The van der Waals surface area contributed by atoms with Crippen molar-refractivity contribution in [3.8, 4) is 0 Å². The van der Waals surface area contributed by atoms with Gasteiger partial charge < -0.3 is 10.6 Å². The van der Waals surface area contributed by atoms with Crippen LogP contribution in [0.15, 0.2) is 0 Å². The zero-order valence-corrected chi connectivity index (χ0v) is 12.0. The van der Waals surface area contributed by atoms with Gasteiger partial charge in [-0.2, -0.15) is 0 Å². The van der Waals surface area contributed by atoms with E-state index in [4.69, 9.17) is 0 Å². The Morgan fingerprint density at radius 2 is 1.79 bits per heavy atom. The van der Waals surface area contributed by atoms with Gasteiger partial charge in [-0.15, -0.1) is 0 Å². The third-order valence-corrected chi connectivity index (χ3v) is 5.57. The molecular formula is C16H28N2O. The van der Waals surface area contributed by atoms with Crippen molar-refractivity contribution in [2.24, 2.45) is 23.7 Å². The van der Waals surface area contributed by atoms with Gasteiger partial charge in [0.25, 0.3) is 0 Å². The van der Waals surface area contributed by atoms with Gasteiger partial charge in [0.2, 0.25) is 0 Å². The van der Waals surface area contributed by atoms with E-state index in [1.165, 1.54) is 57.8 Å². The van der Waals surface area contributed by atoms with Gasteiger partial charge in [-0.05, 0) is 36.5 Å². The quantitative estimate of drug-likeness (QED) is 0.759. The maximum atomic E-state index is 11.7. The van der Waals surface area contributed by atoms with Gasteiger partial charge >= 0.3 is 6.03 Å². The normalized spacial score (nSPS) is 30.9. The number of nitrogens with one attached hydrogen (secondary N) is 2. The van der Waals surface area contributed by atoms with E-state index < -0.39 is 0 Å². The molecule has 0 aromatic rings. The van der Waals surface area contributed by atoms with E-state index in [2.05, 4.69) is 10.6 Å². The Morgan fingerprint density at radius 3 is 2.47 bits per heavy atom. The van der Waals surface area contributed by atoms with E-state index in [1.54, 1.807) is 0 Å². The molecule has 0 aromatic carbocycles. The van der Waals surface area contributed by atoms with E-state index in [9.17, 15) is 4.79 Å². The first-order chi connectivity index (χ1) is 9.33. The molecule has 108 valence electrons. The van der Waals surface area contributed by atoms with E-state index in [1.807, 2.05) is 0 Å². The second kappa shape index (κ2) is 6.15. The Morgan fingerprint density at radius 1 is 1.00 bits per heavy atom. The summed E-state index contributed by atoms with van der Waals surface area (Å²) < 4.78 is 0. The highest BCUT2D eigenvalue weighted by molar-refractivity contribution is 5.73. The summed E-state index contributed by atoms with van der Waals surface area (Å²) in [6, 6.07) is 0.0530. The molecule has 0 saturated heterocycles. The molecule has 2 amide bonds. The molecule has 3 aliphatic rings. The van der Waals surface area contributed by atoms with Crippen LogP contribution < -0.4 is 10.6 Å². The average Bonchev–Trinajstić information content (AvgIpc) is 2.86. The lowest BCUT2D eigenvalue weighted by atomic mass is 9.81. The van der Waals surface area contributed by atoms with E-state index in [0.717, 1.165) is 36.8 Å². The molecule has 3 saturated carbocycles. The lowest BCUT2D eigenvalue weighted by Crippen LogP contribution is -2.37. The molecule has 3 heteroatoms. The molecule has 2 atom stereocenters. The Bertz CT molecular complexity index is 308. The molecule has 0 radical (unpaired) electrons. The molecule has 3 rings (SSSR count). The van der Waals surface area contributed by atoms with Gasteiger partial charge in [0.1, 0.15) is 0 Å². The number of rotatable bonds is 6. The molecule has 0 aliphatic heterocycles. The van der Waals surface area contributed by atoms with Crippen molar-refractivity contribution in [3.05, 3.63) is 0 Å². The van der Waals surface area contributed by atoms with Crippen molar-refractivity contribution in [2.45, 2.75) is 57.8 Å². The van der Waals surface area contributed by atoms with Crippen LogP contribution in [0.4, 0.5) is 4.79 Å². The summed E-state index contributed by atoms with van der Waals surface area (Å²) in [7, 11) is 0. The Hall–Kier alpha value is -0.730. The smallest absolute Gasteiger partial charge is 0.314 e. The van der Waals surface area contributed by atoms with Crippen LogP contribution in [-0.2, 0) is 0 Å². The van der Waals surface area contributed by atoms with E-state index in [0.29, 0.717) is 0 Å². The number of urea groups is 1. The number of hydrogen-bond donors (Lipinski definition) is 2. The summed E-state index contributed by atoms with van der Waals surface area (Å²) in [6.07, 6.45) is 12.4. The summed E-state index contributed by atoms with van der Waals surface area (Å²) in [5.74, 6) is 3.59. The molecule has 0 spiro atoms. The van der Waals surface area contributed by atoms with Crippen LogP contribution in [0.25, 0.3) is 0 Å². The Labute approximate surface area is 116 Å². The van der Waals surface area contributed by atoms with Crippen molar-refractivity contribution in [2.75, 3.05) is 13.1 Å². The van der Waals surface area contributed by atoms with Crippen LogP contribution in [0, 0.1) is 23.7 Å². The van der Waals surface area contributed by atoms with Crippen LogP contribution in [0.2, 0.25) is 0 Å². The third-order valence-electron chi connectivity index (χ3n) is 5.57. The Balaban J connectivity index is 1.21. The van der Waals surface area contributed by atoms with Gasteiger partial charge in [-0.25, -0.2) is 4.79 Å². The SMILES string of the molecule is O=C(NCCC1CCCC1)NC[C@@H]1C[C@H]1C1CCC1. The van der Waals surface area contributed by atoms with Gasteiger partial charge in [0.05, 0.1) is 0 Å². The maximum Gasteiger partial charge on any atom is 0.314 e. The second-order valence-corrected chi connectivity index (χ2v) is 6.93. The van der Waals surface area contributed by atoms with Crippen LogP contribution in [0.3, 0.4) is 0 Å². The summed E-state index contributed by atoms with van der Waals surface area (Å²) in [5.41, 5.74) is 0. The zero-order chi connectivity index (χ0) is 13.1. The lowest BCUT2D eigenvalue weighted by molar-refractivity contribution is 0.237. The standard InChI is InChI=1S/C16H28N2O/c19-16(17-9-8-12-4-1-2-5-12)18-11-14-10-15(14)13-6-3-7-13/h12-15H,1-11H2,(H2,17,18,19)/t14-,15-/m0/s1. The first-order valence-corrected chi connectivity index (χ1v) is 8.34. The van der Waals surface area contributed by atoms with Crippen LogP contribution in [0.1, 0.15) is 57.8 Å². The third kappa shape index (κ3) is 3.64. The fraction of sp³-hybridized carbons (Fsp3) is 0.938. The predicted octanol–water partition coefficient (Wildman–Crippen LogP) is 3.30. The highest BCUT2D eigenvalue weighted by atomic mass is 16.2. The summed E-state index contributed by atoms with van der Waals surface area (Å²) in [4.78, 5) is 11.7. The molecule has 19 heavy (non-hydrogen) atoms. The molecule has 0 unspecified atom stereocenters. The van der Waals surface area contributed by atoms with Gasteiger partial charge in [-0.3, -0.25) is 0 Å². The topological polar surface area (TPSA) is 41.1 Å². The molecule has 3 aliphatic carbocycles.